The molecule has 0 saturated heterocycles. The maximum atomic E-state index is 12.4. The number of aryl methyl sites for hydroxylation is 1. The van der Waals surface area contributed by atoms with Gasteiger partial charge < -0.3 is 5.32 Å². The van der Waals surface area contributed by atoms with Crippen molar-refractivity contribution in [1.82, 2.24) is 5.32 Å². The molecule has 0 bridgehead atoms. The molecule has 1 aliphatic heterocycles. The molecule has 1 heterocycles. The fourth-order valence-corrected chi connectivity index (χ4v) is 2.48. The van der Waals surface area contributed by atoms with Crippen molar-refractivity contribution in [3.63, 3.8) is 0 Å². The van der Waals surface area contributed by atoms with Gasteiger partial charge in [0.2, 0.25) is 0 Å². The second-order valence-corrected chi connectivity index (χ2v) is 4.93. The number of hydrogen-bond acceptors (Lipinski definition) is 2. The molecule has 2 aromatic rings. The van der Waals surface area contributed by atoms with Crippen LogP contribution in [-0.4, -0.2) is 18.2 Å². The first-order valence-corrected chi connectivity index (χ1v) is 6.76. The molecule has 3 heteroatoms. The van der Waals surface area contributed by atoms with E-state index in [1.807, 2.05) is 30.3 Å². The van der Waals surface area contributed by atoms with E-state index in [1.165, 1.54) is 0 Å². The Labute approximate surface area is 117 Å². The predicted octanol–water partition coefficient (Wildman–Crippen LogP) is 2.59. The van der Waals surface area contributed by atoms with E-state index < -0.39 is 0 Å². The average molecular weight is 265 g/mol. The van der Waals surface area contributed by atoms with E-state index in [0.717, 1.165) is 18.4 Å². The number of carbonyl (C=O) groups excluding carboxylic acids is 2. The Hall–Kier alpha value is -2.42. The fourth-order valence-electron chi connectivity index (χ4n) is 2.48. The number of amides is 1. The van der Waals surface area contributed by atoms with Crippen LogP contribution < -0.4 is 5.32 Å². The molecule has 0 unspecified atom stereocenters. The van der Waals surface area contributed by atoms with Crippen molar-refractivity contribution >= 4 is 11.7 Å². The van der Waals surface area contributed by atoms with E-state index in [1.54, 1.807) is 18.2 Å². The smallest absolute Gasteiger partial charge is 0.251 e. The van der Waals surface area contributed by atoms with Gasteiger partial charge in [-0.1, -0.05) is 42.5 Å². The van der Waals surface area contributed by atoms with Crippen LogP contribution in [-0.2, 0) is 6.42 Å². The van der Waals surface area contributed by atoms with E-state index in [2.05, 4.69) is 5.32 Å². The van der Waals surface area contributed by atoms with E-state index in [0.29, 0.717) is 23.2 Å². The second-order valence-electron chi connectivity index (χ2n) is 4.93. The molecule has 0 aromatic heterocycles. The summed E-state index contributed by atoms with van der Waals surface area (Å²) in [6.45, 7) is 0.690. The normalized spacial score (nSPS) is 14.1. The van der Waals surface area contributed by atoms with E-state index in [-0.39, 0.29) is 11.7 Å². The van der Waals surface area contributed by atoms with Crippen LogP contribution in [0.15, 0.2) is 48.5 Å². The standard InChI is InChI=1S/C17H15NO2/c19-16(13-5-2-1-3-6-13)14-9-8-12-7-4-10-18-17(20)15(12)11-14/h1-3,5-6,8-9,11H,4,7,10H2,(H,18,20). The van der Waals surface area contributed by atoms with Gasteiger partial charge in [0.15, 0.2) is 5.78 Å². The van der Waals surface area contributed by atoms with Crippen molar-refractivity contribution in [2.24, 2.45) is 0 Å². The van der Waals surface area contributed by atoms with Crippen molar-refractivity contribution in [2.45, 2.75) is 12.8 Å². The predicted molar refractivity (Wildman–Crippen MR) is 77.0 cm³/mol. The molecule has 1 aliphatic rings. The molecule has 3 nitrogen and oxygen atoms in total. The first-order chi connectivity index (χ1) is 9.75. The van der Waals surface area contributed by atoms with Crippen LogP contribution in [0.1, 0.15) is 38.3 Å². The summed E-state index contributed by atoms with van der Waals surface area (Å²) < 4.78 is 0. The van der Waals surface area contributed by atoms with Crippen molar-refractivity contribution in [2.75, 3.05) is 6.54 Å². The molecule has 0 saturated carbocycles. The first-order valence-electron chi connectivity index (χ1n) is 6.76. The topological polar surface area (TPSA) is 46.2 Å². The lowest BCUT2D eigenvalue weighted by Crippen LogP contribution is -2.22. The Morgan fingerprint density at radius 3 is 2.60 bits per heavy atom. The molecule has 0 radical (unpaired) electrons. The average Bonchev–Trinajstić information content (AvgIpc) is 2.69. The Kier molecular flexibility index (Phi) is 3.33. The van der Waals surface area contributed by atoms with Gasteiger partial charge in [0.25, 0.3) is 5.91 Å². The Morgan fingerprint density at radius 1 is 1.00 bits per heavy atom. The number of nitrogens with one attached hydrogen (secondary N) is 1. The summed E-state index contributed by atoms with van der Waals surface area (Å²) in [6.07, 6.45) is 1.80. The molecule has 100 valence electrons. The van der Waals surface area contributed by atoms with Gasteiger partial charge in [-0.15, -0.1) is 0 Å². The number of benzene rings is 2. The molecule has 1 N–H and O–H groups in total. The number of ketones is 1. The lowest BCUT2D eigenvalue weighted by atomic mass is 9.96. The fraction of sp³-hybridized carbons (Fsp3) is 0.176. The zero-order valence-corrected chi connectivity index (χ0v) is 11.1. The third kappa shape index (κ3) is 2.35. The van der Waals surface area contributed by atoms with Gasteiger partial charge in [-0.25, -0.2) is 0 Å². The van der Waals surface area contributed by atoms with Crippen LogP contribution in [0.2, 0.25) is 0 Å². The Balaban J connectivity index is 2.00. The maximum Gasteiger partial charge on any atom is 0.251 e. The van der Waals surface area contributed by atoms with Gasteiger partial charge in [-0.3, -0.25) is 9.59 Å². The lowest BCUT2D eigenvalue weighted by Gasteiger charge is -2.07. The highest BCUT2D eigenvalue weighted by Crippen LogP contribution is 2.18. The summed E-state index contributed by atoms with van der Waals surface area (Å²) in [5.74, 6) is -0.134. The van der Waals surface area contributed by atoms with Gasteiger partial charge in [-0.05, 0) is 24.5 Å². The Morgan fingerprint density at radius 2 is 1.80 bits per heavy atom. The minimum atomic E-state index is -0.0831. The maximum absolute atomic E-state index is 12.4. The van der Waals surface area contributed by atoms with E-state index in [4.69, 9.17) is 0 Å². The molecule has 3 rings (SSSR count). The SMILES string of the molecule is O=C(c1ccccc1)c1ccc2c(c1)C(=O)NCCC2. The van der Waals surface area contributed by atoms with Gasteiger partial charge in [0.1, 0.15) is 0 Å². The molecule has 0 atom stereocenters. The molecule has 0 spiro atoms. The number of carbonyl (C=O) groups is 2. The van der Waals surface area contributed by atoms with Crippen molar-refractivity contribution in [1.29, 1.82) is 0 Å². The van der Waals surface area contributed by atoms with Gasteiger partial charge >= 0.3 is 0 Å². The highest BCUT2D eigenvalue weighted by Gasteiger charge is 2.17. The van der Waals surface area contributed by atoms with Crippen LogP contribution in [0.5, 0.6) is 0 Å². The third-order valence-electron chi connectivity index (χ3n) is 3.56. The molecule has 1 amide bonds. The summed E-state index contributed by atoms with van der Waals surface area (Å²) >= 11 is 0. The van der Waals surface area contributed by atoms with Crippen molar-refractivity contribution < 1.29 is 9.59 Å². The lowest BCUT2D eigenvalue weighted by molar-refractivity contribution is 0.0956. The van der Waals surface area contributed by atoms with Crippen LogP contribution in [0, 0.1) is 0 Å². The number of hydrogen-bond donors (Lipinski definition) is 1. The van der Waals surface area contributed by atoms with Crippen LogP contribution >= 0.6 is 0 Å². The summed E-state index contributed by atoms with van der Waals surface area (Å²) in [6, 6.07) is 14.5. The molecular formula is C17H15NO2. The minimum Gasteiger partial charge on any atom is -0.352 e. The minimum absolute atomic E-state index is 0.0505. The van der Waals surface area contributed by atoms with E-state index >= 15 is 0 Å². The van der Waals surface area contributed by atoms with Gasteiger partial charge in [0, 0.05) is 23.2 Å². The Bertz CT molecular complexity index is 662. The van der Waals surface area contributed by atoms with Gasteiger partial charge in [-0.2, -0.15) is 0 Å². The molecule has 0 fully saturated rings. The van der Waals surface area contributed by atoms with Crippen LogP contribution in [0.3, 0.4) is 0 Å². The quantitative estimate of drug-likeness (QED) is 0.848. The van der Waals surface area contributed by atoms with E-state index in [9.17, 15) is 9.59 Å². The molecule has 20 heavy (non-hydrogen) atoms. The highest BCUT2D eigenvalue weighted by atomic mass is 16.1. The third-order valence-corrected chi connectivity index (χ3v) is 3.56. The number of fused-ring (bicyclic) bond motifs is 1. The summed E-state index contributed by atoms with van der Waals surface area (Å²) in [4.78, 5) is 24.4. The summed E-state index contributed by atoms with van der Waals surface area (Å²) in [5, 5.41) is 2.86. The zero-order chi connectivity index (χ0) is 13.9. The number of rotatable bonds is 2. The zero-order valence-electron chi connectivity index (χ0n) is 11.1. The first kappa shape index (κ1) is 12.6. The molecular weight excluding hydrogens is 250 g/mol. The van der Waals surface area contributed by atoms with Crippen molar-refractivity contribution in [3.8, 4) is 0 Å². The van der Waals surface area contributed by atoms with Gasteiger partial charge in [0.05, 0.1) is 0 Å². The largest absolute Gasteiger partial charge is 0.352 e. The second kappa shape index (κ2) is 5.29. The molecule has 0 aliphatic carbocycles. The highest BCUT2D eigenvalue weighted by molar-refractivity contribution is 6.10. The van der Waals surface area contributed by atoms with Crippen LogP contribution in [0.25, 0.3) is 0 Å². The van der Waals surface area contributed by atoms with Crippen LogP contribution in [0.4, 0.5) is 0 Å². The van der Waals surface area contributed by atoms with Crippen molar-refractivity contribution in [3.05, 3.63) is 70.8 Å². The summed E-state index contributed by atoms with van der Waals surface area (Å²) in [5.41, 5.74) is 2.85. The molecule has 2 aromatic carbocycles. The summed E-state index contributed by atoms with van der Waals surface area (Å²) in [7, 11) is 0. The monoisotopic (exact) mass is 265 g/mol.